The zero-order valence-electron chi connectivity index (χ0n) is 9.50. The van der Waals surface area contributed by atoms with Gasteiger partial charge in [-0.2, -0.15) is 0 Å². The maximum Gasteiger partial charge on any atom is 0.313 e. The molecule has 2 aromatic rings. The van der Waals surface area contributed by atoms with E-state index in [1.165, 1.54) is 0 Å². The number of aromatic nitrogens is 3. The Balaban J connectivity index is 2.28. The summed E-state index contributed by atoms with van der Waals surface area (Å²) in [7, 11) is 1.83. The van der Waals surface area contributed by atoms with E-state index in [-0.39, 0.29) is 5.75 Å². The van der Waals surface area contributed by atoms with Crippen molar-refractivity contribution in [3.8, 4) is 11.4 Å². The van der Waals surface area contributed by atoms with Gasteiger partial charge in [-0.05, 0) is 34.7 Å². The fraction of sp³-hybridized carbons (Fsp3) is 0.182. The zero-order valence-corrected chi connectivity index (χ0v) is 12.5. The van der Waals surface area contributed by atoms with E-state index in [2.05, 4.69) is 32.8 Å². The fourth-order valence-corrected chi connectivity index (χ4v) is 2.62. The molecule has 0 aliphatic rings. The van der Waals surface area contributed by atoms with Crippen LogP contribution in [-0.4, -0.2) is 31.6 Å². The van der Waals surface area contributed by atoms with Gasteiger partial charge in [0.2, 0.25) is 0 Å². The normalized spacial score (nSPS) is 10.6. The highest BCUT2D eigenvalue weighted by Crippen LogP contribution is 2.23. The van der Waals surface area contributed by atoms with Crippen molar-refractivity contribution in [1.29, 1.82) is 0 Å². The third-order valence-corrected chi connectivity index (χ3v) is 3.92. The van der Waals surface area contributed by atoms with E-state index in [9.17, 15) is 4.79 Å². The van der Waals surface area contributed by atoms with Crippen molar-refractivity contribution < 1.29 is 9.90 Å². The Bertz CT molecular complexity index is 585. The predicted octanol–water partition coefficient (Wildman–Crippen LogP) is 2.26. The Morgan fingerprint density at radius 3 is 2.94 bits per heavy atom. The number of thioether (sulfide) groups is 1. The Hall–Kier alpha value is -1.09. The highest BCUT2D eigenvalue weighted by molar-refractivity contribution is 14.1. The highest BCUT2D eigenvalue weighted by Gasteiger charge is 2.12. The third-order valence-electron chi connectivity index (χ3n) is 2.24. The molecule has 18 heavy (non-hydrogen) atoms. The SMILES string of the molecule is Cn1c(SCC(=O)O)nnc1-c1cccc(I)c1. The maximum absolute atomic E-state index is 10.5. The summed E-state index contributed by atoms with van der Waals surface area (Å²) in [5, 5.41) is 17.4. The lowest BCUT2D eigenvalue weighted by Gasteiger charge is -2.03. The number of nitrogens with zero attached hydrogens (tertiary/aromatic N) is 3. The van der Waals surface area contributed by atoms with Crippen LogP contribution in [0.2, 0.25) is 0 Å². The monoisotopic (exact) mass is 375 g/mol. The molecule has 1 aromatic heterocycles. The summed E-state index contributed by atoms with van der Waals surface area (Å²) in [6.07, 6.45) is 0. The molecule has 0 saturated carbocycles. The van der Waals surface area contributed by atoms with Gasteiger partial charge in [0.25, 0.3) is 0 Å². The molecule has 0 amide bonds. The van der Waals surface area contributed by atoms with E-state index < -0.39 is 5.97 Å². The van der Waals surface area contributed by atoms with Crippen molar-refractivity contribution in [2.24, 2.45) is 7.05 Å². The first-order chi connectivity index (χ1) is 8.58. The molecule has 1 aromatic carbocycles. The van der Waals surface area contributed by atoms with Crippen LogP contribution in [0.3, 0.4) is 0 Å². The maximum atomic E-state index is 10.5. The molecular formula is C11H10IN3O2S. The smallest absolute Gasteiger partial charge is 0.313 e. The molecule has 0 aliphatic carbocycles. The molecule has 5 nitrogen and oxygen atoms in total. The van der Waals surface area contributed by atoms with Crippen molar-refractivity contribution in [3.05, 3.63) is 27.8 Å². The molecule has 0 unspecified atom stereocenters. The number of carbonyl (C=O) groups is 1. The summed E-state index contributed by atoms with van der Waals surface area (Å²) in [6, 6.07) is 7.92. The van der Waals surface area contributed by atoms with Crippen molar-refractivity contribution in [2.75, 3.05) is 5.75 Å². The number of hydrogen-bond donors (Lipinski definition) is 1. The number of hydrogen-bond acceptors (Lipinski definition) is 4. The lowest BCUT2D eigenvalue weighted by Crippen LogP contribution is -2.01. The third kappa shape index (κ3) is 3.02. The summed E-state index contributed by atoms with van der Waals surface area (Å²) >= 11 is 3.40. The molecule has 0 saturated heterocycles. The second-order valence-electron chi connectivity index (χ2n) is 3.56. The van der Waals surface area contributed by atoms with Gasteiger partial charge in [-0.15, -0.1) is 10.2 Å². The van der Waals surface area contributed by atoms with E-state index in [1.54, 1.807) is 4.57 Å². The Morgan fingerprint density at radius 1 is 1.50 bits per heavy atom. The zero-order chi connectivity index (χ0) is 13.1. The van der Waals surface area contributed by atoms with Crippen LogP contribution < -0.4 is 0 Å². The molecule has 0 fully saturated rings. The number of aliphatic carboxylic acids is 1. The average molecular weight is 375 g/mol. The number of carboxylic acid groups (broad SMARTS) is 1. The Kier molecular flexibility index (Phi) is 4.23. The lowest BCUT2D eigenvalue weighted by molar-refractivity contribution is -0.133. The molecule has 0 spiro atoms. The first-order valence-electron chi connectivity index (χ1n) is 5.08. The minimum absolute atomic E-state index is 0.0156. The van der Waals surface area contributed by atoms with Crippen molar-refractivity contribution in [2.45, 2.75) is 5.16 Å². The van der Waals surface area contributed by atoms with E-state index in [0.717, 1.165) is 26.7 Å². The van der Waals surface area contributed by atoms with Crippen LogP contribution in [0.25, 0.3) is 11.4 Å². The number of benzene rings is 1. The molecular weight excluding hydrogens is 365 g/mol. The van der Waals surface area contributed by atoms with Gasteiger partial charge in [0, 0.05) is 16.2 Å². The summed E-state index contributed by atoms with van der Waals surface area (Å²) in [4.78, 5) is 10.5. The van der Waals surface area contributed by atoms with E-state index in [0.29, 0.717) is 5.16 Å². The summed E-state index contributed by atoms with van der Waals surface area (Å²) in [6.45, 7) is 0. The van der Waals surface area contributed by atoms with Gasteiger partial charge >= 0.3 is 5.97 Å². The van der Waals surface area contributed by atoms with Crippen LogP contribution in [0.1, 0.15) is 0 Å². The van der Waals surface area contributed by atoms with Crippen molar-refractivity contribution in [3.63, 3.8) is 0 Å². The number of rotatable bonds is 4. The van der Waals surface area contributed by atoms with Crippen LogP contribution in [0.4, 0.5) is 0 Å². The van der Waals surface area contributed by atoms with Gasteiger partial charge in [0.15, 0.2) is 11.0 Å². The molecule has 0 bridgehead atoms. The minimum atomic E-state index is -0.862. The van der Waals surface area contributed by atoms with E-state index in [4.69, 9.17) is 5.11 Å². The van der Waals surface area contributed by atoms with Crippen LogP contribution in [0.5, 0.6) is 0 Å². The van der Waals surface area contributed by atoms with Crippen LogP contribution in [-0.2, 0) is 11.8 Å². The van der Waals surface area contributed by atoms with Crippen LogP contribution in [0, 0.1) is 3.57 Å². The molecule has 7 heteroatoms. The average Bonchev–Trinajstić information content (AvgIpc) is 2.68. The topological polar surface area (TPSA) is 68.0 Å². The van der Waals surface area contributed by atoms with Gasteiger partial charge in [-0.1, -0.05) is 23.9 Å². The van der Waals surface area contributed by atoms with E-state index in [1.807, 2.05) is 31.3 Å². The quantitative estimate of drug-likeness (QED) is 0.656. The molecule has 1 heterocycles. The van der Waals surface area contributed by atoms with E-state index >= 15 is 0 Å². The first-order valence-corrected chi connectivity index (χ1v) is 7.14. The van der Waals surface area contributed by atoms with Gasteiger partial charge in [0.05, 0.1) is 5.75 Å². The minimum Gasteiger partial charge on any atom is -0.481 e. The fourth-order valence-electron chi connectivity index (χ4n) is 1.45. The van der Waals surface area contributed by atoms with Crippen LogP contribution >= 0.6 is 34.4 Å². The molecule has 0 atom stereocenters. The van der Waals surface area contributed by atoms with Gasteiger partial charge in [-0.25, -0.2) is 0 Å². The number of halogens is 1. The Morgan fingerprint density at radius 2 is 2.28 bits per heavy atom. The number of carboxylic acids is 1. The molecule has 2 rings (SSSR count). The second kappa shape index (κ2) is 5.70. The summed E-state index contributed by atoms with van der Waals surface area (Å²) in [5.74, 6) is -0.140. The summed E-state index contributed by atoms with van der Waals surface area (Å²) < 4.78 is 2.92. The van der Waals surface area contributed by atoms with Gasteiger partial charge in [-0.3, -0.25) is 4.79 Å². The molecule has 1 N–H and O–H groups in total. The Labute approximate surface area is 122 Å². The van der Waals surface area contributed by atoms with Gasteiger partial charge < -0.3 is 9.67 Å². The van der Waals surface area contributed by atoms with Crippen LogP contribution in [0.15, 0.2) is 29.4 Å². The molecule has 94 valence electrons. The van der Waals surface area contributed by atoms with Crippen molar-refractivity contribution in [1.82, 2.24) is 14.8 Å². The summed E-state index contributed by atoms with van der Waals surface area (Å²) in [5.41, 5.74) is 0.971. The highest BCUT2D eigenvalue weighted by atomic mass is 127. The first kappa shape index (κ1) is 13.3. The van der Waals surface area contributed by atoms with Crippen molar-refractivity contribution >= 4 is 40.3 Å². The predicted molar refractivity (Wildman–Crippen MR) is 77.5 cm³/mol. The molecule has 0 radical (unpaired) electrons. The van der Waals surface area contributed by atoms with Gasteiger partial charge in [0.1, 0.15) is 0 Å². The lowest BCUT2D eigenvalue weighted by atomic mass is 10.2. The molecule has 0 aliphatic heterocycles. The second-order valence-corrected chi connectivity index (χ2v) is 5.75. The largest absolute Gasteiger partial charge is 0.481 e. The standard InChI is InChI=1S/C11H10IN3O2S/c1-15-10(7-3-2-4-8(12)5-7)13-14-11(15)18-6-9(16)17/h2-5H,6H2,1H3,(H,16,17).